The van der Waals surface area contributed by atoms with Crippen LogP contribution < -0.4 is 10.2 Å². The number of fused-ring (bicyclic) bond motifs is 5. The van der Waals surface area contributed by atoms with Crippen LogP contribution >= 0.6 is 0 Å². The zero-order chi connectivity index (χ0) is 13.1. The minimum Gasteiger partial charge on any atom is -0.326 e. The maximum Gasteiger partial charge on any atom is 0.275 e. The Morgan fingerprint density at radius 1 is 1.26 bits per heavy atom. The molecular formula is C13H10N4O2. The van der Waals surface area contributed by atoms with Crippen molar-refractivity contribution >= 4 is 17.5 Å². The van der Waals surface area contributed by atoms with Gasteiger partial charge in [0.05, 0.1) is 5.69 Å². The number of carbonyl (C=O) groups excluding carboxylic acids is 2. The van der Waals surface area contributed by atoms with E-state index >= 15 is 0 Å². The van der Waals surface area contributed by atoms with Gasteiger partial charge in [0.2, 0.25) is 0 Å². The predicted octanol–water partition coefficient (Wildman–Crippen LogP) is 0.823. The summed E-state index contributed by atoms with van der Waals surface area (Å²) in [7, 11) is 1.73. The third kappa shape index (κ3) is 1.17. The molecule has 0 radical (unpaired) electrons. The molecule has 19 heavy (non-hydrogen) atoms. The minimum atomic E-state index is -0.423. The van der Waals surface area contributed by atoms with Crippen molar-refractivity contribution in [1.29, 1.82) is 0 Å². The molecule has 2 aromatic rings. The Morgan fingerprint density at radius 2 is 2.05 bits per heavy atom. The van der Waals surface area contributed by atoms with Gasteiger partial charge in [-0.25, -0.2) is 0 Å². The summed E-state index contributed by atoms with van der Waals surface area (Å²) < 4.78 is 1.54. The van der Waals surface area contributed by atoms with E-state index in [1.54, 1.807) is 28.9 Å². The van der Waals surface area contributed by atoms with E-state index in [0.29, 0.717) is 16.9 Å². The molecule has 6 heteroatoms. The molecule has 4 rings (SSSR count). The van der Waals surface area contributed by atoms with Gasteiger partial charge >= 0.3 is 0 Å². The molecule has 3 heterocycles. The van der Waals surface area contributed by atoms with Crippen molar-refractivity contribution in [3.05, 3.63) is 47.3 Å². The number of benzene rings is 1. The highest BCUT2D eigenvalue weighted by atomic mass is 16.2. The van der Waals surface area contributed by atoms with Crippen molar-refractivity contribution in [3.63, 3.8) is 0 Å². The molecule has 2 aliphatic rings. The van der Waals surface area contributed by atoms with Crippen LogP contribution in [0.2, 0.25) is 0 Å². The van der Waals surface area contributed by atoms with Gasteiger partial charge < -0.3 is 5.32 Å². The molecule has 0 saturated carbocycles. The van der Waals surface area contributed by atoms with E-state index in [0.717, 1.165) is 5.56 Å². The van der Waals surface area contributed by atoms with Crippen LogP contribution in [-0.2, 0) is 7.05 Å². The maximum absolute atomic E-state index is 12.4. The maximum atomic E-state index is 12.4. The number of carbonyl (C=O) groups is 2. The Morgan fingerprint density at radius 3 is 2.89 bits per heavy atom. The van der Waals surface area contributed by atoms with Gasteiger partial charge in [0.1, 0.15) is 6.17 Å². The second-order valence-corrected chi connectivity index (χ2v) is 4.68. The van der Waals surface area contributed by atoms with E-state index in [-0.39, 0.29) is 11.8 Å². The summed E-state index contributed by atoms with van der Waals surface area (Å²) >= 11 is 0. The van der Waals surface area contributed by atoms with E-state index in [1.807, 2.05) is 18.2 Å². The molecule has 6 nitrogen and oxygen atoms in total. The van der Waals surface area contributed by atoms with E-state index in [9.17, 15) is 9.59 Å². The number of nitrogens with zero attached hydrogens (tertiary/aromatic N) is 3. The molecule has 0 saturated heterocycles. The van der Waals surface area contributed by atoms with Gasteiger partial charge in [0.15, 0.2) is 5.69 Å². The second-order valence-electron chi connectivity index (χ2n) is 4.68. The zero-order valence-electron chi connectivity index (χ0n) is 10.1. The highest BCUT2D eigenvalue weighted by molar-refractivity contribution is 6.16. The van der Waals surface area contributed by atoms with E-state index < -0.39 is 6.17 Å². The molecule has 1 N–H and O–H groups in total. The van der Waals surface area contributed by atoms with Gasteiger partial charge in [-0.2, -0.15) is 5.10 Å². The highest BCUT2D eigenvalue weighted by Crippen LogP contribution is 2.39. The molecule has 0 fully saturated rings. The Hall–Kier alpha value is -2.63. The fourth-order valence-corrected chi connectivity index (χ4v) is 2.71. The van der Waals surface area contributed by atoms with E-state index in [1.165, 1.54) is 0 Å². The lowest BCUT2D eigenvalue weighted by molar-refractivity contribution is 0.0907. The van der Waals surface area contributed by atoms with Crippen LogP contribution in [0.15, 0.2) is 30.5 Å². The highest BCUT2D eigenvalue weighted by Gasteiger charge is 2.44. The molecule has 0 spiro atoms. The van der Waals surface area contributed by atoms with Crippen molar-refractivity contribution in [1.82, 2.24) is 15.1 Å². The Bertz CT molecular complexity index is 734. The number of amides is 2. The van der Waals surface area contributed by atoms with Crippen molar-refractivity contribution < 1.29 is 9.59 Å². The summed E-state index contributed by atoms with van der Waals surface area (Å²) in [5.41, 5.74) is 2.32. The van der Waals surface area contributed by atoms with Crippen LogP contribution in [0.5, 0.6) is 0 Å². The zero-order valence-corrected chi connectivity index (χ0v) is 10.1. The van der Waals surface area contributed by atoms with Crippen LogP contribution in [0.1, 0.15) is 32.6 Å². The molecule has 1 aromatic carbocycles. The number of anilines is 1. The molecule has 2 amide bonds. The van der Waals surface area contributed by atoms with Crippen molar-refractivity contribution in [3.8, 4) is 0 Å². The molecule has 94 valence electrons. The minimum absolute atomic E-state index is 0.102. The third-order valence-electron chi connectivity index (χ3n) is 3.51. The van der Waals surface area contributed by atoms with Crippen LogP contribution in [0, 0.1) is 0 Å². The lowest BCUT2D eigenvalue weighted by Crippen LogP contribution is -2.44. The summed E-state index contributed by atoms with van der Waals surface area (Å²) in [6.07, 6.45) is 1.28. The van der Waals surface area contributed by atoms with Crippen molar-refractivity contribution in [2.45, 2.75) is 6.17 Å². The molecule has 1 aromatic heterocycles. The monoisotopic (exact) mass is 254 g/mol. The molecular weight excluding hydrogens is 244 g/mol. The summed E-state index contributed by atoms with van der Waals surface area (Å²) in [5, 5.41) is 6.93. The van der Waals surface area contributed by atoms with Gasteiger partial charge in [0, 0.05) is 24.4 Å². The lowest BCUT2D eigenvalue weighted by atomic mass is 10.1. The van der Waals surface area contributed by atoms with Gasteiger partial charge in [-0.1, -0.05) is 18.2 Å². The van der Waals surface area contributed by atoms with Gasteiger partial charge in [-0.3, -0.25) is 19.2 Å². The molecule has 0 aliphatic carbocycles. The molecule has 0 unspecified atom stereocenters. The summed E-state index contributed by atoms with van der Waals surface area (Å²) in [6, 6.07) is 7.32. The molecule has 2 aliphatic heterocycles. The number of hydrogen-bond acceptors (Lipinski definition) is 3. The van der Waals surface area contributed by atoms with E-state index in [2.05, 4.69) is 10.4 Å². The van der Waals surface area contributed by atoms with Crippen LogP contribution in [0.3, 0.4) is 0 Å². The van der Waals surface area contributed by atoms with Crippen LogP contribution in [0.25, 0.3) is 0 Å². The first-order valence-electron chi connectivity index (χ1n) is 5.94. The van der Waals surface area contributed by atoms with Crippen molar-refractivity contribution in [2.75, 3.05) is 4.90 Å². The van der Waals surface area contributed by atoms with Crippen molar-refractivity contribution in [2.24, 2.45) is 7.05 Å². The van der Waals surface area contributed by atoms with Gasteiger partial charge in [-0.15, -0.1) is 0 Å². The van der Waals surface area contributed by atoms with Crippen LogP contribution in [-0.4, -0.2) is 21.6 Å². The van der Waals surface area contributed by atoms with E-state index in [4.69, 9.17) is 0 Å². The normalized spacial score (nSPS) is 19.8. The Balaban J connectivity index is 1.96. The largest absolute Gasteiger partial charge is 0.326 e. The quantitative estimate of drug-likeness (QED) is 0.757. The van der Waals surface area contributed by atoms with Crippen LogP contribution in [0.4, 0.5) is 5.69 Å². The first-order chi connectivity index (χ1) is 9.16. The number of hydrogen-bond donors (Lipinski definition) is 1. The van der Waals surface area contributed by atoms with Gasteiger partial charge in [0.25, 0.3) is 11.8 Å². The fourth-order valence-electron chi connectivity index (χ4n) is 2.71. The molecule has 0 bridgehead atoms. The summed E-state index contributed by atoms with van der Waals surface area (Å²) in [4.78, 5) is 26.1. The standard InChI is InChI=1S/C13H10N4O2/c1-16-6-9-10(15-16)12(18)14-11-7-4-2-3-5-8(7)13(19)17(9)11/h2-6,11H,1H3,(H,14,18)/t11-/m1/s1. The Labute approximate surface area is 108 Å². The number of nitrogens with one attached hydrogen (secondary N) is 1. The Kier molecular flexibility index (Phi) is 1.75. The average Bonchev–Trinajstić information content (AvgIpc) is 2.91. The summed E-state index contributed by atoms with van der Waals surface area (Å²) in [5.74, 6) is -0.351. The third-order valence-corrected chi connectivity index (χ3v) is 3.51. The first kappa shape index (κ1) is 10.3. The topological polar surface area (TPSA) is 67.2 Å². The van der Waals surface area contributed by atoms with Gasteiger partial charge in [-0.05, 0) is 6.07 Å². The fraction of sp³-hybridized carbons (Fsp3) is 0.154. The first-order valence-corrected chi connectivity index (χ1v) is 5.94. The smallest absolute Gasteiger partial charge is 0.275 e. The average molecular weight is 254 g/mol. The SMILES string of the molecule is Cn1cc2c(n1)C(=O)N[C@H]1c3ccccc3C(=O)N21. The number of rotatable bonds is 0. The predicted molar refractivity (Wildman–Crippen MR) is 66.7 cm³/mol. The lowest BCUT2D eigenvalue weighted by Gasteiger charge is -2.29. The number of aryl methyl sites for hydroxylation is 1. The molecule has 1 atom stereocenters. The number of aromatic nitrogens is 2. The summed E-state index contributed by atoms with van der Waals surface area (Å²) in [6.45, 7) is 0. The second kappa shape index (κ2) is 3.23.